The van der Waals surface area contributed by atoms with Crippen molar-refractivity contribution in [1.29, 1.82) is 5.41 Å². The van der Waals surface area contributed by atoms with E-state index in [1.54, 1.807) is 0 Å². The van der Waals surface area contributed by atoms with E-state index in [0.717, 1.165) is 5.75 Å². The van der Waals surface area contributed by atoms with Crippen LogP contribution in [0, 0.1) is 5.41 Å². The fourth-order valence-electron chi connectivity index (χ4n) is 1.77. The number of nitrogens with one attached hydrogen (secondary N) is 1. The predicted molar refractivity (Wildman–Crippen MR) is 91.6 cm³/mol. The van der Waals surface area contributed by atoms with Crippen LogP contribution >= 0.6 is 35.7 Å². The minimum absolute atomic E-state index is 0. The molecule has 3 N–H and O–H groups in total. The van der Waals surface area contributed by atoms with Gasteiger partial charge in [0.05, 0.1) is 0 Å². The fraction of sp³-hybridized carbons (Fsp3) is 0.923. The molecule has 17 heavy (non-hydrogen) atoms. The summed E-state index contributed by atoms with van der Waals surface area (Å²) >= 11 is 1.47. The van der Waals surface area contributed by atoms with Gasteiger partial charge in [0.1, 0.15) is 0 Å². The molecule has 0 bridgehead atoms. The van der Waals surface area contributed by atoms with Crippen molar-refractivity contribution in [3.05, 3.63) is 0 Å². The third-order valence-corrected chi connectivity index (χ3v) is 3.56. The molecule has 104 valence electrons. The molecular formula is C13H29IN2S. The maximum absolute atomic E-state index is 7.06. The average Bonchev–Trinajstić information content (AvgIpc) is 2.25. The molecule has 0 aliphatic rings. The van der Waals surface area contributed by atoms with Gasteiger partial charge in [-0.2, -0.15) is 0 Å². The molecule has 0 heterocycles. The Morgan fingerprint density at radius 1 is 0.882 bits per heavy atom. The summed E-state index contributed by atoms with van der Waals surface area (Å²) in [5.74, 6) is 1.02. The van der Waals surface area contributed by atoms with Gasteiger partial charge >= 0.3 is 0 Å². The molecule has 2 nitrogen and oxygen atoms in total. The Kier molecular flexibility index (Phi) is 19.4. The molecule has 0 unspecified atom stereocenters. The van der Waals surface area contributed by atoms with Crippen LogP contribution in [0.15, 0.2) is 0 Å². The van der Waals surface area contributed by atoms with Gasteiger partial charge in [-0.3, -0.25) is 5.41 Å². The quantitative estimate of drug-likeness (QED) is 0.228. The molecule has 0 aliphatic heterocycles. The fourth-order valence-corrected chi connectivity index (χ4v) is 2.34. The Labute approximate surface area is 128 Å². The lowest BCUT2D eigenvalue weighted by atomic mass is 10.1. The summed E-state index contributed by atoms with van der Waals surface area (Å²) in [5, 5.41) is 7.32. The van der Waals surface area contributed by atoms with Gasteiger partial charge in [0, 0.05) is 5.75 Å². The molecule has 0 radical (unpaired) electrons. The number of rotatable bonds is 11. The van der Waals surface area contributed by atoms with Crippen LogP contribution in [0.4, 0.5) is 0 Å². The summed E-state index contributed by atoms with van der Waals surface area (Å²) in [5.41, 5.74) is 5.26. The predicted octanol–water partition coefficient (Wildman–Crippen LogP) is 5.15. The number of nitrogens with two attached hydrogens (primary N) is 1. The lowest BCUT2D eigenvalue weighted by Gasteiger charge is -2.02. The molecule has 0 fully saturated rings. The summed E-state index contributed by atoms with van der Waals surface area (Å²) in [6, 6.07) is 0. The lowest BCUT2D eigenvalue weighted by Crippen LogP contribution is -2.04. The molecule has 0 spiro atoms. The highest BCUT2D eigenvalue weighted by atomic mass is 127. The second-order valence-electron chi connectivity index (χ2n) is 4.39. The van der Waals surface area contributed by atoms with E-state index in [1.165, 1.54) is 76.0 Å². The van der Waals surface area contributed by atoms with Crippen LogP contribution in [0.2, 0.25) is 0 Å². The monoisotopic (exact) mass is 372 g/mol. The van der Waals surface area contributed by atoms with Crippen molar-refractivity contribution in [2.45, 2.75) is 71.1 Å². The number of hydrogen-bond acceptors (Lipinski definition) is 2. The van der Waals surface area contributed by atoms with E-state index in [9.17, 15) is 0 Å². The first-order chi connectivity index (χ1) is 7.77. The molecule has 0 aromatic heterocycles. The van der Waals surface area contributed by atoms with Crippen LogP contribution in [-0.4, -0.2) is 10.9 Å². The second-order valence-corrected chi connectivity index (χ2v) is 5.53. The van der Waals surface area contributed by atoms with Gasteiger partial charge in [0.2, 0.25) is 0 Å². The largest absolute Gasteiger partial charge is 0.379 e. The van der Waals surface area contributed by atoms with Crippen molar-refractivity contribution < 1.29 is 0 Å². The zero-order valence-corrected chi connectivity index (χ0v) is 14.3. The molecule has 0 aromatic rings. The zero-order valence-electron chi connectivity index (χ0n) is 11.2. The number of unbranched alkanes of at least 4 members (excludes halogenated alkanes) is 9. The molecular weight excluding hydrogens is 343 g/mol. The Hall–Kier alpha value is 0.550. The molecule has 0 saturated heterocycles. The first kappa shape index (κ1) is 19.9. The van der Waals surface area contributed by atoms with E-state index in [2.05, 4.69) is 6.92 Å². The lowest BCUT2D eigenvalue weighted by molar-refractivity contribution is 0.563. The Bertz CT molecular complexity index is 165. The van der Waals surface area contributed by atoms with Crippen LogP contribution < -0.4 is 5.73 Å². The SMILES string of the molecule is CCCCCCCCCCCCSC(=N)N.I. The van der Waals surface area contributed by atoms with Crippen molar-refractivity contribution in [3.8, 4) is 0 Å². The van der Waals surface area contributed by atoms with Gasteiger partial charge in [0.15, 0.2) is 5.17 Å². The number of thioether (sulfide) groups is 1. The third kappa shape index (κ3) is 19.1. The molecule has 0 amide bonds. The van der Waals surface area contributed by atoms with Gasteiger partial charge in [0.25, 0.3) is 0 Å². The summed E-state index contributed by atoms with van der Waals surface area (Å²) in [4.78, 5) is 0. The molecule has 0 aromatic carbocycles. The highest BCUT2D eigenvalue weighted by Gasteiger charge is 1.94. The van der Waals surface area contributed by atoms with Gasteiger partial charge < -0.3 is 5.73 Å². The van der Waals surface area contributed by atoms with Crippen LogP contribution in [0.1, 0.15) is 71.1 Å². The van der Waals surface area contributed by atoms with E-state index in [-0.39, 0.29) is 29.1 Å². The number of amidine groups is 1. The maximum atomic E-state index is 7.06. The van der Waals surface area contributed by atoms with Crippen molar-refractivity contribution in [2.75, 3.05) is 5.75 Å². The van der Waals surface area contributed by atoms with Gasteiger partial charge in [-0.05, 0) is 6.42 Å². The van der Waals surface area contributed by atoms with E-state index < -0.39 is 0 Å². The molecule has 0 aliphatic carbocycles. The third-order valence-electron chi connectivity index (χ3n) is 2.76. The standard InChI is InChI=1S/C13H28N2S.HI/c1-2-3-4-5-6-7-8-9-10-11-12-16-13(14)15;/h2-12H2,1H3,(H3,14,15);1H. The minimum atomic E-state index is 0. The Morgan fingerprint density at radius 3 is 1.71 bits per heavy atom. The highest BCUT2D eigenvalue weighted by Crippen LogP contribution is 2.11. The minimum Gasteiger partial charge on any atom is -0.379 e. The summed E-state index contributed by atoms with van der Waals surface area (Å²) in [6.07, 6.45) is 13.7. The second kappa shape index (κ2) is 16.6. The van der Waals surface area contributed by atoms with E-state index in [4.69, 9.17) is 11.1 Å². The van der Waals surface area contributed by atoms with Crippen LogP contribution in [0.5, 0.6) is 0 Å². The Morgan fingerprint density at radius 2 is 1.29 bits per heavy atom. The molecule has 0 atom stereocenters. The smallest absolute Gasteiger partial charge is 0.151 e. The summed E-state index contributed by atoms with van der Waals surface area (Å²) in [7, 11) is 0. The topological polar surface area (TPSA) is 49.9 Å². The summed E-state index contributed by atoms with van der Waals surface area (Å²) in [6.45, 7) is 2.26. The van der Waals surface area contributed by atoms with Crippen molar-refractivity contribution in [1.82, 2.24) is 0 Å². The van der Waals surface area contributed by atoms with Crippen molar-refractivity contribution >= 4 is 40.9 Å². The molecule has 0 rings (SSSR count). The van der Waals surface area contributed by atoms with Crippen LogP contribution in [0.25, 0.3) is 0 Å². The number of halogens is 1. The van der Waals surface area contributed by atoms with Gasteiger partial charge in [-0.1, -0.05) is 76.5 Å². The van der Waals surface area contributed by atoms with Gasteiger partial charge in [-0.25, -0.2) is 0 Å². The first-order valence-corrected chi connectivity index (χ1v) is 7.72. The van der Waals surface area contributed by atoms with Crippen LogP contribution in [-0.2, 0) is 0 Å². The highest BCUT2D eigenvalue weighted by molar-refractivity contribution is 14.0. The Balaban J connectivity index is 0. The van der Waals surface area contributed by atoms with E-state index >= 15 is 0 Å². The first-order valence-electron chi connectivity index (χ1n) is 6.74. The van der Waals surface area contributed by atoms with Crippen molar-refractivity contribution in [3.63, 3.8) is 0 Å². The zero-order chi connectivity index (χ0) is 12.1. The van der Waals surface area contributed by atoms with Crippen LogP contribution in [0.3, 0.4) is 0 Å². The van der Waals surface area contributed by atoms with Crippen molar-refractivity contribution in [2.24, 2.45) is 5.73 Å². The normalized spacial score (nSPS) is 9.94. The van der Waals surface area contributed by atoms with E-state index in [1.807, 2.05) is 0 Å². The summed E-state index contributed by atoms with van der Waals surface area (Å²) < 4.78 is 0. The van der Waals surface area contributed by atoms with Gasteiger partial charge in [-0.15, -0.1) is 24.0 Å². The number of hydrogen-bond donors (Lipinski definition) is 2. The molecule has 0 saturated carbocycles. The average molecular weight is 372 g/mol. The maximum Gasteiger partial charge on any atom is 0.151 e. The molecule has 4 heteroatoms. The van der Waals surface area contributed by atoms with E-state index in [0.29, 0.717) is 0 Å².